The largest absolute Gasteiger partial charge is 0.444 e. The molecule has 1 saturated heterocycles. The molecular formula is C15H18N2O4S. The van der Waals surface area contributed by atoms with Crippen molar-refractivity contribution in [1.82, 2.24) is 0 Å². The fourth-order valence-corrected chi connectivity index (χ4v) is 3.39. The molecule has 7 heteroatoms. The number of thioether (sulfide) groups is 1. The van der Waals surface area contributed by atoms with Crippen LogP contribution in [0.2, 0.25) is 0 Å². The molecule has 0 aliphatic carbocycles. The van der Waals surface area contributed by atoms with Gasteiger partial charge >= 0.3 is 6.09 Å². The number of carbonyl (C=O) groups excluding carboxylic acids is 2. The number of benzene rings is 1. The van der Waals surface area contributed by atoms with Crippen molar-refractivity contribution in [3.63, 3.8) is 0 Å². The maximum absolute atomic E-state index is 12.0. The summed E-state index contributed by atoms with van der Waals surface area (Å²) in [6.07, 6.45) is 1.80. The number of unbranched alkanes of at least 4 members (excludes halogenated alkanes) is 1. The Morgan fingerprint density at radius 3 is 3.05 bits per heavy atom. The van der Waals surface area contributed by atoms with Crippen molar-refractivity contribution in [3.8, 4) is 0 Å². The molecule has 118 valence electrons. The highest BCUT2D eigenvalue weighted by molar-refractivity contribution is 8.00. The maximum Gasteiger partial charge on any atom is 0.414 e. The van der Waals surface area contributed by atoms with Crippen LogP contribution in [-0.2, 0) is 9.53 Å². The number of nitrogens with zero attached hydrogens (tertiary/aromatic N) is 1. The van der Waals surface area contributed by atoms with Crippen LogP contribution in [0, 0.1) is 0 Å². The van der Waals surface area contributed by atoms with E-state index in [-0.39, 0.29) is 24.7 Å². The first-order chi connectivity index (χ1) is 10.7. The van der Waals surface area contributed by atoms with Crippen molar-refractivity contribution in [1.29, 1.82) is 0 Å². The highest BCUT2D eigenvalue weighted by Gasteiger charge is 2.32. The SMILES string of the molecule is O=C1CSc2ccc(N3CC(CCCCO)OC3=O)cc2N1. The minimum Gasteiger partial charge on any atom is -0.444 e. The molecule has 0 aromatic heterocycles. The monoisotopic (exact) mass is 322 g/mol. The van der Waals surface area contributed by atoms with Gasteiger partial charge in [0.15, 0.2) is 0 Å². The molecule has 22 heavy (non-hydrogen) atoms. The van der Waals surface area contributed by atoms with Gasteiger partial charge in [0.2, 0.25) is 5.91 Å². The third-order valence-electron chi connectivity index (χ3n) is 3.72. The van der Waals surface area contributed by atoms with Gasteiger partial charge in [-0.2, -0.15) is 0 Å². The molecule has 0 bridgehead atoms. The molecule has 2 heterocycles. The van der Waals surface area contributed by atoms with Crippen molar-refractivity contribution in [2.24, 2.45) is 0 Å². The number of aliphatic hydroxyl groups excluding tert-OH is 1. The van der Waals surface area contributed by atoms with Crippen LogP contribution in [0.3, 0.4) is 0 Å². The van der Waals surface area contributed by atoms with E-state index < -0.39 is 0 Å². The quantitative estimate of drug-likeness (QED) is 0.813. The molecule has 0 radical (unpaired) electrons. The van der Waals surface area contributed by atoms with E-state index in [1.807, 2.05) is 18.2 Å². The summed E-state index contributed by atoms with van der Waals surface area (Å²) < 4.78 is 5.35. The Morgan fingerprint density at radius 1 is 1.36 bits per heavy atom. The predicted octanol–water partition coefficient (Wildman–Crippen LogP) is 2.22. The second-order valence-corrected chi connectivity index (χ2v) is 6.37. The van der Waals surface area contributed by atoms with Crippen molar-refractivity contribution in [2.45, 2.75) is 30.3 Å². The zero-order chi connectivity index (χ0) is 15.5. The standard InChI is InChI=1S/C15H18N2O4S/c18-6-2-1-3-11-8-17(15(20)21-11)10-4-5-13-12(7-10)16-14(19)9-22-13/h4-5,7,11,18H,1-3,6,8-9H2,(H,16,19). The first-order valence-electron chi connectivity index (χ1n) is 7.33. The second kappa shape index (κ2) is 6.58. The third-order valence-corrected chi connectivity index (χ3v) is 4.79. The summed E-state index contributed by atoms with van der Waals surface area (Å²) in [5.74, 6) is 0.394. The van der Waals surface area contributed by atoms with Crippen LogP contribution in [-0.4, -0.2) is 42.1 Å². The molecule has 2 aliphatic heterocycles. The van der Waals surface area contributed by atoms with Gasteiger partial charge in [-0.25, -0.2) is 4.79 Å². The molecule has 1 fully saturated rings. The van der Waals surface area contributed by atoms with Crippen LogP contribution < -0.4 is 10.2 Å². The number of aliphatic hydroxyl groups is 1. The number of rotatable bonds is 5. The van der Waals surface area contributed by atoms with Gasteiger partial charge < -0.3 is 15.2 Å². The number of ether oxygens (including phenoxy) is 1. The molecule has 1 aromatic rings. The molecular weight excluding hydrogens is 304 g/mol. The molecule has 2 N–H and O–H groups in total. The summed E-state index contributed by atoms with van der Waals surface area (Å²) >= 11 is 1.49. The van der Waals surface area contributed by atoms with Gasteiger partial charge in [0.1, 0.15) is 6.10 Å². The minimum absolute atomic E-state index is 0.0273. The van der Waals surface area contributed by atoms with Gasteiger partial charge in [0, 0.05) is 17.2 Å². The van der Waals surface area contributed by atoms with E-state index in [0.29, 0.717) is 12.3 Å². The molecule has 0 spiro atoms. The highest BCUT2D eigenvalue weighted by Crippen LogP contribution is 2.35. The summed E-state index contributed by atoms with van der Waals surface area (Å²) in [5.41, 5.74) is 1.48. The van der Waals surface area contributed by atoms with Crippen molar-refractivity contribution in [2.75, 3.05) is 29.1 Å². The second-order valence-electron chi connectivity index (χ2n) is 5.35. The molecule has 1 unspecified atom stereocenters. The van der Waals surface area contributed by atoms with E-state index in [1.165, 1.54) is 11.8 Å². The zero-order valence-corrected chi connectivity index (χ0v) is 12.9. The highest BCUT2D eigenvalue weighted by atomic mass is 32.2. The van der Waals surface area contributed by atoms with Crippen LogP contribution in [0.5, 0.6) is 0 Å². The van der Waals surface area contributed by atoms with Crippen LogP contribution in [0.15, 0.2) is 23.1 Å². The number of cyclic esters (lactones) is 1. The Hall–Kier alpha value is -1.73. The maximum atomic E-state index is 12.0. The first kappa shape index (κ1) is 15.2. The summed E-state index contributed by atoms with van der Waals surface area (Å²) in [5, 5.41) is 11.6. The average molecular weight is 322 g/mol. The summed E-state index contributed by atoms with van der Waals surface area (Å²) in [7, 11) is 0. The van der Waals surface area contributed by atoms with Crippen molar-refractivity contribution >= 4 is 35.1 Å². The lowest BCUT2D eigenvalue weighted by Gasteiger charge is -2.19. The molecule has 0 saturated carbocycles. The molecule has 2 aliphatic rings. The number of amides is 2. The van der Waals surface area contributed by atoms with Gasteiger partial charge in [0.05, 0.1) is 18.0 Å². The van der Waals surface area contributed by atoms with E-state index in [4.69, 9.17) is 9.84 Å². The normalized spacial score (nSPS) is 20.6. The van der Waals surface area contributed by atoms with Crippen LogP contribution >= 0.6 is 11.8 Å². The van der Waals surface area contributed by atoms with Gasteiger partial charge in [0.25, 0.3) is 0 Å². The van der Waals surface area contributed by atoms with Gasteiger partial charge in [-0.15, -0.1) is 11.8 Å². The zero-order valence-electron chi connectivity index (χ0n) is 12.1. The first-order valence-corrected chi connectivity index (χ1v) is 8.31. The summed E-state index contributed by atoms with van der Waals surface area (Å²) in [6, 6.07) is 5.61. The van der Waals surface area contributed by atoms with Gasteiger partial charge in [-0.1, -0.05) is 0 Å². The Morgan fingerprint density at radius 2 is 2.23 bits per heavy atom. The molecule has 6 nitrogen and oxygen atoms in total. The van der Waals surface area contributed by atoms with E-state index in [9.17, 15) is 9.59 Å². The Labute approximate surface area is 132 Å². The average Bonchev–Trinajstić information content (AvgIpc) is 2.87. The predicted molar refractivity (Wildman–Crippen MR) is 84.3 cm³/mol. The summed E-state index contributed by atoms with van der Waals surface area (Å²) in [6.45, 7) is 0.663. The topological polar surface area (TPSA) is 78.9 Å². The number of fused-ring (bicyclic) bond motifs is 1. The van der Waals surface area contributed by atoms with Crippen LogP contribution in [0.25, 0.3) is 0 Å². The third kappa shape index (κ3) is 3.20. The fourth-order valence-electron chi connectivity index (χ4n) is 2.61. The number of anilines is 2. The van der Waals surface area contributed by atoms with E-state index in [1.54, 1.807) is 4.90 Å². The van der Waals surface area contributed by atoms with E-state index in [0.717, 1.165) is 35.5 Å². The van der Waals surface area contributed by atoms with Crippen molar-refractivity contribution in [3.05, 3.63) is 18.2 Å². The number of hydrogen-bond acceptors (Lipinski definition) is 5. The number of carbonyl (C=O) groups is 2. The minimum atomic E-state index is -0.358. The van der Waals surface area contributed by atoms with Gasteiger partial charge in [-0.3, -0.25) is 9.69 Å². The van der Waals surface area contributed by atoms with Crippen molar-refractivity contribution < 1.29 is 19.4 Å². The van der Waals surface area contributed by atoms with Crippen LogP contribution in [0.1, 0.15) is 19.3 Å². The number of hydrogen-bond donors (Lipinski definition) is 2. The molecule has 2 amide bonds. The Kier molecular flexibility index (Phi) is 4.54. The lowest BCUT2D eigenvalue weighted by Crippen LogP contribution is -2.25. The molecule has 3 rings (SSSR count). The lowest BCUT2D eigenvalue weighted by molar-refractivity contribution is -0.113. The Bertz CT molecular complexity index is 593. The molecule has 1 aromatic carbocycles. The van der Waals surface area contributed by atoms with E-state index >= 15 is 0 Å². The molecule has 1 atom stereocenters. The smallest absolute Gasteiger partial charge is 0.414 e. The van der Waals surface area contributed by atoms with E-state index in [2.05, 4.69) is 5.32 Å². The van der Waals surface area contributed by atoms with Gasteiger partial charge in [-0.05, 0) is 37.5 Å². The van der Waals surface area contributed by atoms with Crippen LogP contribution in [0.4, 0.5) is 16.2 Å². The fraction of sp³-hybridized carbons (Fsp3) is 0.467. The lowest BCUT2D eigenvalue weighted by atomic mass is 10.1. The number of nitrogens with one attached hydrogen (secondary N) is 1. The Balaban J connectivity index is 1.70. The summed E-state index contributed by atoms with van der Waals surface area (Å²) in [4.78, 5) is 26.1.